The molecule has 4 N–H and O–H groups in total. The molecule has 1 fully saturated rings. The molecular weight excluding hydrogens is 492 g/mol. The Bertz CT molecular complexity index is 1210. The van der Waals surface area contributed by atoms with Crippen molar-refractivity contribution < 1.29 is 31.9 Å². The van der Waals surface area contributed by atoms with E-state index in [9.17, 15) is 31.9 Å². The SMILES string of the molecule is CS(=O)(=O)N[C@H]1CC[C@](Cc2ccc(F)c(-c3cccc(F)c3O)c2)(C(=O)NNC(=O)CCl)C1. The first-order chi connectivity index (χ1) is 15.9. The van der Waals surface area contributed by atoms with Gasteiger partial charge in [0.1, 0.15) is 11.7 Å². The van der Waals surface area contributed by atoms with Crippen LogP contribution in [0, 0.1) is 17.0 Å². The minimum Gasteiger partial charge on any atom is -0.504 e. The lowest BCUT2D eigenvalue weighted by Crippen LogP contribution is -2.50. The number of rotatable bonds is 7. The van der Waals surface area contributed by atoms with Gasteiger partial charge in [0.05, 0.1) is 11.7 Å². The Hall–Kier alpha value is -2.76. The summed E-state index contributed by atoms with van der Waals surface area (Å²) in [5.74, 6) is -3.85. The topological polar surface area (TPSA) is 125 Å². The second-order valence-corrected chi connectivity index (χ2v) is 10.4. The smallest absolute Gasteiger partial charge is 0.253 e. The van der Waals surface area contributed by atoms with Crippen molar-refractivity contribution in [2.75, 3.05) is 12.1 Å². The fourth-order valence-corrected chi connectivity index (χ4v) is 5.15. The maximum absolute atomic E-state index is 14.6. The van der Waals surface area contributed by atoms with Crippen molar-refractivity contribution in [1.29, 1.82) is 0 Å². The van der Waals surface area contributed by atoms with Crippen LogP contribution >= 0.6 is 11.6 Å². The van der Waals surface area contributed by atoms with Crippen LogP contribution in [0.5, 0.6) is 5.75 Å². The highest BCUT2D eigenvalue weighted by molar-refractivity contribution is 7.88. The van der Waals surface area contributed by atoms with Gasteiger partial charge in [0.15, 0.2) is 11.6 Å². The quantitative estimate of drug-likeness (QED) is 0.333. The summed E-state index contributed by atoms with van der Waals surface area (Å²) < 4.78 is 54.3. The van der Waals surface area contributed by atoms with Gasteiger partial charge in [-0.15, -0.1) is 11.6 Å². The molecule has 2 atom stereocenters. The van der Waals surface area contributed by atoms with Gasteiger partial charge in [-0.2, -0.15) is 0 Å². The summed E-state index contributed by atoms with van der Waals surface area (Å²) in [6.07, 6.45) is 1.86. The lowest BCUT2D eigenvalue weighted by atomic mass is 9.78. The maximum Gasteiger partial charge on any atom is 0.253 e. The van der Waals surface area contributed by atoms with Crippen molar-refractivity contribution in [2.24, 2.45) is 5.41 Å². The Balaban J connectivity index is 1.94. The van der Waals surface area contributed by atoms with E-state index in [2.05, 4.69) is 15.6 Å². The van der Waals surface area contributed by atoms with Crippen molar-refractivity contribution in [3.05, 3.63) is 53.6 Å². The zero-order chi connectivity index (χ0) is 25.1. The number of phenols is 1. The summed E-state index contributed by atoms with van der Waals surface area (Å²) >= 11 is 5.45. The number of carbonyl (C=O) groups is 2. The maximum atomic E-state index is 14.6. The van der Waals surface area contributed by atoms with Crippen LogP contribution in [0.3, 0.4) is 0 Å². The number of carbonyl (C=O) groups excluding carboxylic acids is 2. The number of phenolic OH excluding ortho intramolecular Hbond substituents is 1. The van der Waals surface area contributed by atoms with E-state index in [-0.39, 0.29) is 36.3 Å². The summed E-state index contributed by atoms with van der Waals surface area (Å²) in [5, 5.41) is 10.1. The van der Waals surface area contributed by atoms with Crippen molar-refractivity contribution >= 4 is 33.4 Å². The van der Waals surface area contributed by atoms with E-state index in [1.54, 1.807) is 0 Å². The van der Waals surface area contributed by atoms with Gasteiger partial charge < -0.3 is 5.11 Å². The largest absolute Gasteiger partial charge is 0.504 e. The van der Waals surface area contributed by atoms with E-state index >= 15 is 0 Å². The highest BCUT2D eigenvalue weighted by Crippen LogP contribution is 2.43. The third-order valence-electron chi connectivity index (χ3n) is 5.76. The molecule has 1 aliphatic carbocycles. The number of sulfonamides is 1. The summed E-state index contributed by atoms with van der Waals surface area (Å²) in [6.45, 7) is 0. The molecule has 0 spiro atoms. The van der Waals surface area contributed by atoms with Crippen LogP contribution in [0.2, 0.25) is 0 Å². The molecule has 8 nitrogen and oxygen atoms in total. The summed E-state index contributed by atoms with van der Waals surface area (Å²) in [5.41, 5.74) is 3.79. The van der Waals surface area contributed by atoms with Gasteiger partial charge in [-0.3, -0.25) is 20.4 Å². The number of aromatic hydroxyl groups is 1. The molecule has 184 valence electrons. The standard InChI is InChI=1S/C22H24ClF2N3O5S/c1-34(32,33)28-14-7-8-22(11-14,21(31)27-26-19(29)12-23)10-13-5-6-17(24)16(9-13)15-3-2-4-18(25)20(15)30/h2-6,9,14,28,30H,7-8,10-12H2,1H3,(H,26,29)(H,27,31)/t14-,22+/m0/s1. The predicted octanol–water partition coefficient (Wildman–Crippen LogP) is 2.35. The third kappa shape index (κ3) is 6.02. The van der Waals surface area contributed by atoms with Crippen molar-refractivity contribution in [3.8, 4) is 16.9 Å². The molecule has 0 saturated heterocycles. The first kappa shape index (κ1) is 25.9. The van der Waals surface area contributed by atoms with Gasteiger partial charge in [-0.05, 0) is 49.4 Å². The van der Waals surface area contributed by atoms with Crippen LogP contribution in [0.15, 0.2) is 36.4 Å². The van der Waals surface area contributed by atoms with Gasteiger partial charge >= 0.3 is 0 Å². The van der Waals surface area contributed by atoms with E-state index in [1.165, 1.54) is 24.3 Å². The molecule has 0 unspecified atom stereocenters. The summed E-state index contributed by atoms with van der Waals surface area (Å²) in [4.78, 5) is 24.6. The zero-order valence-electron chi connectivity index (χ0n) is 18.2. The average Bonchev–Trinajstić information content (AvgIpc) is 3.17. The number of hydrogen-bond donors (Lipinski definition) is 4. The number of nitrogens with one attached hydrogen (secondary N) is 3. The highest BCUT2D eigenvalue weighted by Gasteiger charge is 2.46. The Labute approximate surface area is 200 Å². The van der Waals surface area contributed by atoms with E-state index in [1.807, 2.05) is 0 Å². The fraction of sp³-hybridized carbons (Fsp3) is 0.364. The first-order valence-electron chi connectivity index (χ1n) is 10.3. The van der Waals surface area contributed by atoms with Crippen molar-refractivity contribution in [3.63, 3.8) is 0 Å². The van der Waals surface area contributed by atoms with E-state index in [4.69, 9.17) is 11.6 Å². The Kier molecular flexibility index (Phi) is 7.79. The van der Waals surface area contributed by atoms with E-state index < -0.39 is 50.7 Å². The summed E-state index contributed by atoms with van der Waals surface area (Å²) in [6, 6.07) is 7.25. The number of amides is 2. The molecule has 1 aliphatic rings. The monoisotopic (exact) mass is 515 g/mol. The molecule has 34 heavy (non-hydrogen) atoms. The molecule has 2 aromatic rings. The van der Waals surface area contributed by atoms with Crippen LogP contribution in [0.1, 0.15) is 24.8 Å². The van der Waals surface area contributed by atoms with Crippen molar-refractivity contribution in [1.82, 2.24) is 15.6 Å². The molecule has 0 radical (unpaired) electrons. The molecule has 3 rings (SSSR count). The van der Waals surface area contributed by atoms with Gasteiger partial charge in [-0.25, -0.2) is 21.9 Å². The predicted molar refractivity (Wildman–Crippen MR) is 122 cm³/mol. The average molecular weight is 516 g/mol. The number of benzene rings is 2. The van der Waals surface area contributed by atoms with Crippen LogP contribution in [0.4, 0.5) is 8.78 Å². The number of hydrogen-bond acceptors (Lipinski definition) is 5. The molecular formula is C22H24ClF2N3O5S. The molecule has 0 aliphatic heterocycles. The molecule has 12 heteroatoms. The number of para-hydroxylation sites is 1. The van der Waals surface area contributed by atoms with Crippen molar-refractivity contribution in [2.45, 2.75) is 31.7 Å². The molecule has 0 heterocycles. The number of halogens is 3. The van der Waals surface area contributed by atoms with Gasteiger partial charge in [0.25, 0.3) is 5.91 Å². The Morgan fingerprint density at radius 2 is 1.88 bits per heavy atom. The van der Waals surface area contributed by atoms with E-state index in [0.29, 0.717) is 12.0 Å². The number of alkyl halides is 1. The first-order valence-corrected chi connectivity index (χ1v) is 12.8. The van der Waals surface area contributed by atoms with Gasteiger partial charge in [-0.1, -0.05) is 18.2 Å². The molecule has 2 aromatic carbocycles. The minimum atomic E-state index is -3.52. The minimum absolute atomic E-state index is 0.0460. The molecule has 0 bridgehead atoms. The lowest BCUT2D eigenvalue weighted by Gasteiger charge is -2.28. The number of hydrazine groups is 1. The van der Waals surface area contributed by atoms with Crippen LogP contribution in [0.25, 0.3) is 11.1 Å². The summed E-state index contributed by atoms with van der Waals surface area (Å²) in [7, 11) is -3.52. The fourth-order valence-electron chi connectivity index (χ4n) is 4.28. The van der Waals surface area contributed by atoms with Crippen LogP contribution in [-0.2, 0) is 26.0 Å². The Morgan fingerprint density at radius 1 is 1.15 bits per heavy atom. The van der Waals surface area contributed by atoms with E-state index in [0.717, 1.165) is 18.4 Å². The van der Waals surface area contributed by atoms with Crippen LogP contribution < -0.4 is 15.6 Å². The second kappa shape index (κ2) is 10.2. The Morgan fingerprint density at radius 3 is 2.56 bits per heavy atom. The van der Waals surface area contributed by atoms with Crippen LogP contribution in [-0.4, -0.2) is 43.5 Å². The lowest BCUT2D eigenvalue weighted by molar-refractivity contribution is -0.135. The normalized spacial score (nSPS) is 20.2. The highest BCUT2D eigenvalue weighted by atomic mass is 35.5. The molecule has 2 amide bonds. The zero-order valence-corrected chi connectivity index (χ0v) is 19.8. The second-order valence-electron chi connectivity index (χ2n) is 8.37. The van der Waals surface area contributed by atoms with Gasteiger partial charge in [0.2, 0.25) is 15.9 Å². The third-order valence-corrected chi connectivity index (χ3v) is 6.76. The van der Waals surface area contributed by atoms with Gasteiger partial charge in [0, 0.05) is 17.2 Å². The molecule has 0 aromatic heterocycles. The molecule has 1 saturated carbocycles.